The number of rotatable bonds is 6. The zero-order valence-electron chi connectivity index (χ0n) is 14.1. The maximum Gasteiger partial charge on any atom is 0.214 e. The van der Waals surface area contributed by atoms with E-state index < -0.39 is 0 Å². The minimum Gasteiger partial charge on any atom is -0.495 e. The summed E-state index contributed by atoms with van der Waals surface area (Å²) in [6.45, 7) is 1.38. The van der Waals surface area contributed by atoms with Gasteiger partial charge in [0.2, 0.25) is 18.0 Å². The summed E-state index contributed by atoms with van der Waals surface area (Å²) in [5, 5.41) is 4.05. The van der Waals surface area contributed by atoms with E-state index in [0.717, 1.165) is 24.0 Å². The predicted octanol–water partition coefficient (Wildman–Crippen LogP) is 2.42. The van der Waals surface area contributed by atoms with Gasteiger partial charge in [0, 0.05) is 17.5 Å². The van der Waals surface area contributed by atoms with E-state index >= 15 is 0 Å². The van der Waals surface area contributed by atoms with Crippen LogP contribution in [0.3, 0.4) is 0 Å². The van der Waals surface area contributed by atoms with E-state index in [1.807, 2.05) is 0 Å². The number of nitrogens with zero attached hydrogens (tertiary/aromatic N) is 2. The van der Waals surface area contributed by atoms with Gasteiger partial charge in [-0.25, -0.2) is 0 Å². The third kappa shape index (κ3) is 3.17. The molecule has 25 heavy (non-hydrogen) atoms. The minimum absolute atomic E-state index is 0.0304. The molecule has 0 radical (unpaired) electrons. The predicted molar refractivity (Wildman–Crippen MR) is 89.9 cm³/mol. The Kier molecular flexibility index (Phi) is 4.65. The van der Waals surface area contributed by atoms with Gasteiger partial charge in [0.15, 0.2) is 0 Å². The highest BCUT2D eigenvalue weighted by Crippen LogP contribution is 2.36. The quantitative estimate of drug-likeness (QED) is 0.749. The van der Waals surface area contributed by atoms with Crippen molar-refractivity contribution in [3.63, 3.8) is 0 Å². The van der Waals surface area contributed by atoms with Gasteiger partial charge in [-0.2, -0.15) is 0 Å². The van der Waals surface area contributed by atoms with Crippen LogP contribution < -0.4 is 9.64 Å². The molecule has 1 amide bonds. The molecule has 2 aromatic rings. The number of carbonyl (C=O) groups excluding carboxylic acids is 3. The van der Waals surface area contributed by atoms with E-state index in [1.54, 1.807) is 18.2 Å². The van der Waals surface area contributed by atoms with Crippen LogP contribution in [0.2, 0.25) is 0 Å². The third-order valence-corrected chi connectivity index (χ3v) is 4.15. The number of aromatic nitrogens is 1. The molecule has 0 saturated carbocycles. The monoisotopic (exact) mass is 342 g/mol. The van der Waals surface area contributed by atoms with Crippen molar-refractivity contribution in [2.45, 2.75) is 26.2 Å². The van der Waals surface area contributed by atoms with E-state index in [2.05, 4.69) is 5.16 Å². The van der Waals surface area contributed by atoms with Crippen molar-refractivity contribution in [1.82, 2.24) is 5.16 Å². The summed E-state index contributed by atoms with van der Waals surface area (Å²) >= 11 is 0. The van der Waals surface area contributed by atoms with Gasteiger partial charge >= 0.3 is 0 Å². The summed E-state index contributed by atoms with van der Waals surface area (Å²) in [5.74, 6) is 0.597. The molecule has 0 spiro atoms. The average Bonchev–Trinajstić information content (AvgIpc) is 3.04. The Labute approximate surface area is 144 Å². The fourth-order valence-electron chi connectivity index (χ4n) is 3.01. The Morgan fingerprint density at radius 3 is 2.88 bits per heavy atom. The van der Waals surface area contributed by atoms with E-state index in [9.17, 15) is 14.4 Å². The Bertz CT molecular complexity index is 840. The molecule has 7 nitrogen and oxygen atoms in total. The van der Waals surface area contributed by atoms with E-state index in [-0.39, 0.29) is 18.1 Å². The number of benzene rings is 1. The second kappa shape index (κ2) is 6.88. The van der Waals surface area contributed by atoms with Crippen LogP contribution in [-0.2, 0) is 16.0 Å². The second-order valence-corrected chi connectivity index (χ2v) is 5.94. The maximum atomic E-state index is 11.9. The highest BCUT2D eigenvalue weighted by Gasteiger charge is 2.27. The van der Waals surface area contributed by atoms with Crippen LogP contribution >= 0.6 is 0 Å². The van der Waals surface area contributed by atoms with Crippen LogP contribution in [0, 0.1) is 0 Å². The van der Waals surface area contributed by atoms with Crippen molar-refractivity contribution in [2.75, 3.05) is 18.6 Å². The van der Waals surface area contributed by atoms with Gasteiger partial charge in [0.1, 0.15) is 17.2 Å². The molecule has 0 aliphatic heterocycles. The van der Waals surface area contributed by atoms with Gasteiger partial charge in [-0.05, 0) is 31.9 Å². The number of Topliss-reactive ketones (excluding diaryl/α,β-unsaturated/α-hetero) is 2. The normalized spacial score (nSPS) is 13.3. The number of anilines is 1. The van der Waals surface area contributed by atoms with Crippen LogP contribution in [0.25, 0.3) is 11.3 Å². The van der Waals surface area contributed by atoms with Gasteiger partial charge in [-0.1, -0.05) is 11.2 Å². The average molecular weight is 342 g/mol. The van der Waals surface area contributed by atoms with Crippen molar-refractivity contribution in [1.29, 1.82) is 0 Å². The van der Waals surface area contributed by atoms with Crippen molar-refractivity contribution in [3.05, 3.63) is 29.5 Å². The molecule has 0 fully saturated rings. The number of hydrogen-bond acceptors (Lipinski definition) is 6. The molecule has 0 N–H and O–H groups in total. The Balaban J connectivity index is 2.01. The molecule has 1 aliphatic carbocycles. The molecule has 0 bridgehead atoms. The van der Waals surface area contributed by atoms with E-state index in [4.69, 9.17) is 9.26 Å². The number of amides is 1. The molecule has 130 valence electrons. The van der Waals surface area contributed by atoms with Crippen molar-refractivity contribution < 1.29 is 23.6 Å². The molecular weight excluding hydrogens is 324 g/mol. The number of ether oxygens (including phenoxy) is 1. The largest absolute Gasteiger partial charge is 0.495 e. The zero-order chi connectivity index (χ0) is 18.0. The first kappa shape index (κ1) is 16.9. The first-order valence-electron chi connectivity index (χ1n) is 7.96. The lowest BCUT2D eigenvalue weighted by Crippen LogP contribution is -2.27. The lowest BCUT2D eigenvalue weighted by atomic mass is 9.93. The zero-order valence-corrected chi connectivity index (χ0v) is 14.1. The molecule has 0 saturated heterocycles. The minimum atomic E-state index is -0.137. The smallest absolute Gasteiger partial charge is 0.214 e. The molecule has 3 rings (SSSR count). The topological polar surface area (TPSA) is 89.7 Å². The molecule has 0 atom stereocenters. The summed E-state index contributed by atoms with van der Waals surface area (Å²) in [7, 11) is 1.49. The number of ketones is 2. The molecule has 7 heteroatoms. The fraction of sp³-hybridized carbons (Fsp3) is 0.333. The standard InChI is InChI=1S/C18H18N2O5/c1-11(22)9-20(10-21)14-7-6-12(8-16(14)24-2)17-13-4-3-5-15(23)18(13)25-19-17/h6-8,10H,3-5,9H2,1-2H3. The summed E-state index contributed by atoms with van der Waals surface area (Å²) in [4.78, 5) is 35.8. The maximum absolute atomic E-state index is 11.9. The number of carbonyl (C=O) groups is 3. The van der Waals surface area contributed by atoms with Crippen molar-refractivity contribution in [3.8, 4) is 17.0 Å². The summed E-state index contributed by atoms with van der Waals surface area (Å²) in [6, 6.07) is 5.19. The summed E-state index contributed by atoms with van der Waals surface area (Å²) < 4.78 is 10.6. The fourth-order valence-corrected chi connectivity index (χ4v) is 3.01. The Hall–Kier alpha value is -2.96. The van der Waals surface area contributed by atoms with Gasteiger partial charge in [-0.3, -0.25) is 14.4 Å². The van der Waals surface area contributed by atoms with Crippen LogP contribution in [0.1, 0.15) is 35.9 Å². The highest BCUT2D eigenvalue weighted by molar-refractivity contribution is 5.97. The first-order chi connectivity index (χ1) is 12.0. The van der Waals surface area contributed by atoms with Crippen LogP contribution in [0.15, 0.2) is 22.7 Å². The molecule has 1 aromatic carbocycles. The van der Waals surface area contributed by atoms with E-state index in [1.165, 1.54) is 18.9 Å². The third-order valence-electron chi connectivity index (χ3n) is 4.15. The second-order valence-electron chi connectivity index (χ2n) is 5.94. The SMILES string of the molecule is COc1cc(-c2noc3c2CCCC3=O)ccc1N(C=O)CC(C)=O. The van der Waals surface area contributed by atoms with Gasteiger partial charge in [0.05, 0.1) is 19.3 Å². The lowest BCUT2D eigenvalue weighted by Gasteiger charge is -2.19. The molecule has 1 heterocycles. The van der Waals surface area contributed by atoms with Crippen molar-refractivity contribution >= 4 is 23.7 Å². The lowest BCUT2D eigenvalue weighted by molar-refractivity contribution is -0.117. The number of methoxy groups -OCH3 is 1. The van der Waals surface area contributed by atoms with Gasteiger partial charge in [-0.15, -0.1) is 0 Å². The van der Waals surface area contributed by atoms with Gasteiger partial charge in [0.25, 0.3) is 0 Å². The number of fused-ring (bicyclic) bond motifs is 1. The van der Waals surface area contributed by atoms with E-state index in [0.29, 0.717) is 35.7 Å². The van der Waals surface area contributed by atoms with Crippen LogP contribution in [0.5, 0.6) is 5.75 Å². The molecule has 1 aromatic heterocycles. The Morgan fingerprint density at radius 1 is 1.40 bits per heavy atom. The van der Waals surface area contributed by atoms with Crippen LogP contribution in [-0.4, -0.2) is 36.8 Å². The first-order valence-corrected chi connectivity index (χ1v) is 7.96. The highest BCUT2D eigenvalue weighted by atomic mass is 16.5. The van der Waals surface area contributed by atoms with Crippen LogP contribution in [0.4, 0.5) is 5.69 Å². The molecule has 0 unspecified atom stereocenters. The molecular formula is C18H18N2O5. The summed E-state index contributed by atoms with van der Waals surface area (Å²) in [5.41, 5.74) is 2.64. The van der Waals surface area contributed by atoms with Crippen molar-refractivity contribution in [2.24, 2.45) is 0 Å². The van der Waals surface area contributed by atoms with Gasteiger partial charge < -0.3 is 14.2 Å². The molecule has 1 aliphatic rings. The summed E-state index contributed by atoms with van der Waals surface area (Å²) in [6.07, 6.45) is 2.57. The Morgan fingerprint density at radius 2 is 2.20 bits per heavy atom. The number of hydrogen-bond donors (Lipinski definition) is 0.